The second-order valence-electron chi connectivity index (χ2n) is 6.41. The quantitative estimate of drug-likeness (QED) is 0.920. The minimum atomic E-state index is 0.570. The van der Waals surface area contributed by atoms with Gasteiger partial charge in [-0.15, -0.1) is 0 Å². The molecule has 2 aliphatic rings. The van der Waals surface area contributed by atoms with Crippen molar-refractivity contribution in [1.29, 1.82) is 0 Å². The molecule has 0 aromatic heterocycles. The van der Waals surface area contributed by atoms with Crippen LogP contribution in [0.15, 0.2) is 59.7 Å². The Morgan fingerprint density at radius 3 is 2.67 bits per heavy atom. The molecule has 1 N–H and O–H groups in total. The summed E-state index contributed by atoms with van der Waals surface area (Å²) in [4.78, 5) is 0. The molecule has 0 aliphatic carbocycles. The van der Waals surface area contributed by atoms with E-state index in [1.54, 1.807) is 0 Å². The highest BCUT2D eigenvalue weighted by Crippen LogP contribution is 2.20. The summed E-state index contributed by atoms with van der Waals surface area (Å²) in [5, 5.41) is 10.5. The molecule has 24 heavy (non-hydrogen) atoms. The molecule has 4 heteroatoms. The lowest BCUT2D eigenvalue weighted by Gasteiger charge is -2.20. The molecule has 2 aromatic carbocycles. The van der Waals surface area contributed by atoms with Crippen molar-refractivity contribution in [3.63, 3.8) is 0 Å². The fraction of sp³-hybridized carbons (Fsp3) is 0.350. The van der Waals surface area contributed by atoms with Gasteiger partial charge in [0.25, 0.3) is 0 Å². The van der Waals surface area contributed by atoms with Crippen molar-refractivity contribution in [2.75, 3.05) is 19.6 Å². The van der Waals surface area contributed by atoms with Gasteiger partial charge in [0.2, 0.25) is 0 Å². The Bertz CT molecular complexity index is 691. The highest BCUT2D eigenvalue weighted by Gasteiger charge is 2.25. The zero-order valence-electron chi connectivity index (χ0n) is 13.8. The number of para-hydroxylation sites is 1. The largest absolute Gasteiger partial charge is 0.489 e. The maximum atomic E-state index is 5.80. The summed E-state index contributed by atoms with van der Waals surface area (Å²) in [7, 11) is 0. The molecule has 0 amide bonds. The number of benzene rings is 2. The molecule has 2 aliphatic heterocycles. The first kappa shape index (κ1) is 15.2. The predicted molar refractivity (Wildman–Crippen MR) is 96.4 cm³/mol. The van der Waals surface area contributed by atoms with E-state index in [1.165, 1.54) is 23.3 Å². The van der Waals surface area contributed by atoms with E-state index >= 15 is 0 Å². The number of rotatable bonds is 5. The van der Waals surface area contributed by atoms with Gasteiger partial charge >= 0.3 is 0 Å². The molecule has 2 heterocycles. The van der Waals surface area contributed by atoms with Gasteiger partial charge in [0.15, 0.2) is 0 Å². The molecule has 0 spiro atoms. The third-order valence-electron chi connectivity index (χ3n) is 4.72. The lowest BCUT2D eigenvalue weighted by atomic mass is 10.1. The van der Waals surface area contributed by atoms with E-state index in [0.717, 1.165) is 31.8 Å². The topological polar surface area (TPSA) is 36.9 Å². The predicted octanol–water partition coefficient (Wildman–Crippen LogP) is 3.04. The summed E-state index contributed by atoms with van der Waals surface area (Å²) in [6.45, 7) is 3.81. The Hall–Kier alpha value is -2.33. The Balaban J connectivity index is 1.38. The normalized spacial score (nSPS) is 20.2. The minimum absolute atomic E-state index is 0.570. The fourth-order valence-corrected chi connectivity index (χ4v) is 3.31. The molecule has 4 rings (SSSR count). The number of nitrogens with one attached hydrogen (secondary N) is 1. The second kappa shape index (κ2) is 7.05. The summed E-state index contributed by atoms with van der Waals surface area (Å²) in [5.41, 5.74) is 3.61. The van der Waals surface area contributed by atoms with E-state index in [0.29, 0.717) is 12.6 Å². The van der Waals surface area contributed by atoms with Gasteiger partial charge in [0, 0.05) is 19.5 Å². The van der Waals surface area contributed by atoms with Gasteiger partial charge in [-0.2, -0.15) is 5.10 Å². The van der Waals surface area contributed by atoms with E-state index in [9.17, 15) is 0 Å². The highest BCUT2D eigenvalue weighted by atomic mass is 16.5. The molecule has 0 bridgehead atoms. The molecule has 4 nitrogen and oxygen atoms in total. The number of hydrogen-bond acceptors (Lipinski definition) is 4. The van der Waals surface area contributed by atoms with Gasteiger partial charge in [-0.05, 0) is 36.2 Å². The van der Waals surface area contributed by atoms with Crippen LogP contribution in [0, 0.1) is 0 Å². The first-order chi connectivity index (χ1) is 11.9. The summed E-state index contributed by atoms with van der Waals surface area (Å²) >= 11 is 0. The molecule has 0 saturated carbocycles. The molecule has 1 fully saturated rings. The van der Waals surface area contributed by atoms with Gasteiger partial charge in [-0.3, -0.25) is 5.01 Å². The van der Waals surface area contributed by atoms with Gasteiger partial charge in [0.05, 0.1) is 11.8 Å². The number of hydrogen-bond donors (Lipinski definition) is 1. The summed E-state index contributed by atoms with van der Waals surface area (Å²) in [6.07, 6.45) is 2.24. The summed E-state index contributed by atoms with van der Waals surface area (Å²) in [5.74, 6) is 0.905. The number of ether oxygens (including phenoxy) is 1. The van der Waals surface area contributed by atoms with Crippen LogP contribution in [0.1, 0.15) is 24.0 Å². The van der Waals surface area contributed by atoms with E-state index in [-0.39, 0.29) is 0 Å². The maximum Gasteiger partial charge on any atom is 0.119 e. The maximum absolute atomic E-state index is 5.80. The average molecular weight is 321 g/mol. The Kier molecular flexibility index (Phi) is 4.47. The van der Waals surface area contributed by atoms with E-state index in [1.807, 2.05) is 30.3 Å². The van der Waals surface area contributed by atoms with Crippen molar-refractivity contribution in [2.24, 2.45) is 5.10 Å². The van der Waals surface area contributed by atoms with Crippen LogP contribution < -0.4 is 10.1 Å². The smallest absolute Gasteiger partial charge is 0.119 e. The molecule has 1 saturated heterocycles. The molecule has 2 aromatic rings. The van der Waals surface area contributed by atoms with E-state index < -0.39 is 0 Å². The standard InChI is InChI=1S/C20H23N3O/c1-2-4-19(5-3-1)24-15-16-6-8-17(9-7-16)20-11-13-23(22-20)18-10-12-21-14-18/h1-9,18,21H,10-15H2/t18-/m1/s1. The zero-order valence-corrected chi connectivity index (χ0v) is 13.8. The molecular formula is C20H23N3O. The van der Waals surface area contributed by atoms with Crippen LogP contribution in [0.25, 0.3) is 0 Å². The third-order valence-corrected chi connectivity index (χ3v) is 4.72. The lowest BCUT2D eigenvalue weighted by molar-refractivity contribution is 0.241. The zero-order chi connectivity index (χ0) is 16.2. The van der Waals surface area contributed by atoms with Crippen LogP contribution in [0.4, 0.5) is 0 Å². The highest BCUT2D eigenvalue weighted by molar-refractivity contribution is 6.01. The summed E-state index contributed by atoms with van der Waals surface area (Å²) < 4.78 is 5.80. The average Bonchev–Trinajstić information content (AvgIpc) is 3.33. The van der Waals surface area contributed by atoms with Gasteiger partial charge in [0.1, 0.15) is 12.4 Å². The molecule has 1 atom stereocenters. The van der Waals surface area contributed by atoms with Crippen molar-refractivity contribution in [3.05, 3.63) is 65.7 Å². The first-order valence-electron chi connectivity index (χ1n) is 8.70. The van der Waals surface area contributed by atoms with Crippen LogP contribution in [-0.2, 0) is 6.61 Å². The Morgan fingerprint density at radius 2 is 1.92 bits per heavy atom. The second-order valence-corrected chi connectivity index (χ2v) is 6.41. The first-order valence-corrected chi connectivity index (χ1v) is 8.70. The number of nitrogens with zero attached hydrogens (tertiary/aromatic N) is 2. The van der Waals surface area contributed by atoms with Gasteiger partial charge < -0.3 is 10.1 Å². The SMILES string of the molecule is c1ccc(OCc2ccc(C3=NN([C@@H]4CCNC4)CC3)cc2)cc1. The van der Waals surface area contributed by atoms with Gasteiger partial charge in [-0.1, -0.05) is 42.5 Å². The lowest BCUT2D eigenvalue weighted by Crippen LogP contribution is -2.30. The van der Waals surface area contributed by atoms with E-state index in [4.69, 9.17) is 9.84 Å². The van der Waals surface area contributed by atoms with Gasteiger partial charge in [-0.25, -0.2) is 0 Å². The minimum Gasteiger partial charge on any atom is -0.489 e. The van der Waals surface area contributed by atoms with E-state index in [2.05, 4.69) is 34.6 Å². The van der Waals surface area contributed by atoms with Crippen molar-refractivity contribution in [3.8, 4) is 5.75 Å². The van der Waals surface area contributed by atoms with Crippen molar-refractivity contribution >= 4 is 5.71 Å². The summed E-state index contributed by atoms with van der Waals surface area (Å²) in [6, 6.07) is 19.1. The van der Waals surface area contributed by atoms with Crippen molar-refractivity contribution in [1.82, 2.24) is 10.3 Å². The number of hydrazone groups is 1. The van der Waals surface area contributed by atoms with Crippen LogP contribution >= 0.6 is 0 Å². The third kappa shape index (κ3) is 3.44. The van der Waals surface area contributed by atoms with Crippen molar-refractivity contribution in [2.45, 2.75) is 25.5 Å². The fourth-order valence-electron chi connectivity index (χ4n) is 3.31. The molecule has 0 unspecified atom stereocenters. The molecule has 0 radical (unpaired) electrons. The van der Waals surface area contributed by atoms with Crippen LogP contribution in [-0.4, -0.2) is 36.4 Å². The molecule has 124 valence electrons. The van der Waals surface area contributed by atoms with Crippen LogP contribution in [0.3, 0.4) is 0 Å². The Morgan fingerprint density at radius 1 is 1.08 bits per heavy atom. The van der Waals surface area contributed by atoms with Crippen LogP contribution in [0.2, 0.25) is 0 Å². The van der Waals surface area contributed by atoms with Crippen molar-refractivity contribution < 1.29 is 4.74 Å². The monoisotopic (exact) mass is 321 g/mol. The molecular weight excluding hydrogens is 298 g/mol. The van der Waals surface area contributed by atoms with Crippen LogP contribution in [0.5, 0.6) is 5.75 Å². The Labute approximate surface area is 143 Å².